The molecule has 0 amide bonds. The summed E-state index contributed by atoms with van der Waals surface area (Å²) in [5.41, 5.74) is 1.46. The summed E-state index contributed by atoms with van der Waals surface area (Å²) in [6, 6.07) is 6.96. The molecule has 0 fully saturated rings. The van der Waals surface area contributed by atoms with Gasteiger partial charge in [0.1, 0.15) is 18.3 Å². The minimum absolute atomic E-state index is 0.162. The Labute approximate surface area is 168 Å². The zero-order valence-electron chi connectivity index (χ0n) is 15.5. The third-order valence-corrected chi connectivity index (χ3v) is 4.86. The van der Waals surface area contributed by atoms with E-state index in [4.69, 9.17) is 16.3 Å². The van der Waals surface area contributed by atoms with Gasteiger partial charge < -0.3 is 9.30 Å². The number of alkyl halides is 3. The summed E-state index contributed by atoms with van der Waals surface area (Å²) in [5.74, 6) is -0.873. The highest BCUT2D eigenvalue weighted by atomic mass is 35.5. The first-order valence-corrected chi connectivity index (χ1v) is 8.92. The van der Waals surface area contributed by atoms with Crippen molar-refractivity contribution >= 4 is 28.5 Å². The Bertz CT molecular complexity index is 1160. The molecule has 0 saturated heterocycles. The molecule has 2 heterocycles. The second-order valence-corrected chi connectivity index (χ2v) is 6.92. The Balaban J connectivity index is 1.75. The lowest BCUT2D eigenvalue weighted by Gasteiger charge is -2.12. The van der Waals surface area contributed by atoms with Gasteiger partial charge in [0, 0.05) is 23.2 Å². The molecule has 9 heteroatoms. The topological polar surface area (TPSA) is 61.2 Å². The van der Waals surface area contributed by atoms with Gasteiger partial charge in [-0.25, -0.2) is 4.98 Å². The molecule has 5 nitrogen and oxygen atoms in total. The minimum Gasteiger partial charge on any atom is -0.459 e. The highest BCUT2D eigenvalue weighted by Crippen LogP contribution is 2.28. The standard InChI is InChI=1S/C20H16ClF3N2O3/c1-11-3-4-13-7-14(19(21)25-18(13)12(11)2)10-29-17(28)9-26-8-15(20(22,23)24)5-6-16(26)27/h3-8H,9-10H2,1-2H3. The van der Waals surface area contributed by atoms with Gasteiger partial charge in [0.05, 0.1) is 11.1 Å². The molecule has 0 aliphatic heterocycles. The molecule has 0 radical (unpaired) electrons. The van der Waals surface area contributed by atoms with Crippen molar-refractivity contribution in [1.82, 2.24) is 9.55 Å². The van der Waals surface area contributed by atoms with Gasteiger partial charge in [-0.05, 0) is 37.1 Å². The van der Waals surface area contributed by atoms with Gasteiger partial charge in [-0.2, -0.15) is 13.2 Å². The smallest absolute Gasteiger partial charge is 0.417 e. The number of aryl methyl sites for hydroxylation is 2. The van der Waals surface area contributed by atoms with Crippen LogP contribution in [0.3, 0.4) is 0 Å². The first-order valence-electron chi connectivity index (χ1n) is 8.55. The van der Waals surface area contributed by atoms with Crippen LogP contribution in [0.15, 0.2) is 41.3 Å². The number of carbonyl (C=O) groups excluding carboxylic acids is 1. The van der Waals surface area contributed by atoms with Crippen LogP contribution in [0.4, 0.5) is 13.2 Å². The van der Waals surface area contributed by atoms with Crippen molar-refractivity contribution in [3.8, 4) is 0 Å². The van der Waals surface area contributed by atoms with Gasteiger partial charge in [-0.15, -0.1) is 0 Å². The number of esters is 1. The molecule has 0 bridgehead atoms. The molecule has 0 aliphatic rings. The number of fused-ring (bicyclic) bond motifs is 1. The largest absolute Gasteiger partial charge is 0.459 e. The Hall–Kier alpha value is -2.87. The van der Waals surface area contributed by atoms with Gasteiger partial charge in [-0.3, -0.25) is 9.59 Å². The number of rotatable bonds is 4. The van der Waals surface area contributed by atoms with E-state index in [1.165, 1.54) is 0 Å². The molecule has 0 unspecified atom stereocenters. The number of carbonyl (C=O) groups is 1. The van der Waals surface area contributed by atoms with Crippen molar-refractivity contribution in [2.45, 2.75) is 33.2 Å². The molecule has 29 heavy (non-hydrogen) atoms. The number of ether oxygens (including phenoxy) is 1. The predicted molar refractivity (Wildman–Crippen MR) is 102 cm³/mol. The highest BCUT2D eigenvalue weighted by Gasteiger charge is 2.31. The summed E-state index contributed by atoms with van der Waals surface area (Å²) < 4.78 is 44.1. The first-order chi connectivity index (χ1) is 13.6. The molecule has 152 valence electrons. The van der Waals surface area contributed by atoms with Crippen LogP contribution < -0.4 is 5.56 Å². The molecule has 0 spiro atoms. The van der Waals surface area contributed by atoms with Gasteiger partial charge in [-0.1, -0.05) is 23.7 Å². The third-order valence-electron chi connectivity index (χ3n) is 4.54. The molecule has 0 atom stereocenters. The van der Waals surface area contributed by atoms with E-state index in [0.717, 1.165) is 28.1 Å². The zero-order valence-corrected chi connectivity index (χ0v) is 16.3. The van der Waals surface area contributed by atoms with E-state index in [1.807, 2.05) is 26.0 Å². The van der Waals surface area contributed by atoms with E-state index < -0.39 is 29.8 Å². The molecule has 1 aromatic carbocycles. The number of hydrogen-bond donors (Lipinski definition) is 0. The number of nitrogens with zero attached hydrogens (tertiary/aromatic N) is 2. The second kappa shape index (κ2) is 7.87. The number of aromatic nitrogens is 2. The first kappa shape index (κ1) is 20.9. The molecule has 3 rings (SSSR count). The maximum atomic E-state index is 12.8. The summed E-state index contributed by atoms with van der Waals surface area (Å²) in [6.45, 7) is 3.00. The molecule has 2 aromatic heterocycles. The quantitative estimate of drug-likeness (QED) is 0.459. The van der Waals surface area contributed by atoms with Gasteiger partial charge in [0.2, 0.25) is 0 Å². The maximum absolute atomic E-state index is 12.8. The van der Waals surface area contributed by atoms with Crippen LogP contribution in [0.2, 0.25) is 5.15 Å². The van der Waals surface area contributed by atoms with E-state index in [2.05, 4.69) is 4.98 Å². The van der Waals surface area contributed by atoms with Crippen molar-refractivity contribution in [1.29, 1.82) is 0 Å². The van der Waals surface area contributed by atoms with Crippen LogP contribution in [0.25, 0.3) is 10.9 Å². The van der Waals surface area contributed by atoms with Crippen LogP contribution in [0.5, 0.6) is 0 Å². The third kappa shape index (κ3) is 4.59. The highest BCUT2D eigenvalue weighted by molar-refractivity contribution is 6.30. The van der Waals surface area contributed by atoms with Crippen LogP contribution in [0, 0.1) is 13.8 Å². The Morgan fingerprint density at radius 1 is 1.21 bits per heavy atom. The van der Waals surface area contributed by atoms with Crippen molar-refractivity contribution < 1.29 is 22.7 Å². The van der Waals surface area contributed by atoms with E-state index in [-0.39, 0.29) is 11.8 Å². The fourth-order valence-electron chi connectivity index (χ4n) is 2.77. The lowest BCUT2D eigenvalue weighted by atomic mass is 10.0. The minimum atomic E-state index is -4.62. The molecular weight excluding hydrogens is 409 g/mol. The lowest BCUT2D eigenvalue weighted by molar-refractivity contribution is -0.146. The Morgan fingerprint density at radius 2 is 1.93 bits per heavy atom. The van der Waals surface area contributed by atoms with Crippen molar-refractivity contribution in [2.75, 3.05) is 0 Å². The second-order valence-electron chi connectivity index (χ2n) is 6.56. The molecule has 3 aromatic rings. The maximum Gasteiger partial charge on any atom is 0.417 e. The van der Waals surface area contributed by atoms with Crippen molar-refractivity contribution in [2.24, 2.45) is 0 Å². The fourth-order valence-corrected chi connectivity index (χ4v) is 2.96. The average Bonchev–Trinajstić information content (AvgIpc) is 2.64. The van der Waals surface area contributed by atoms with Gasteiger partial charge in [0.15, 0.2) is 0 Å². The van der Waals surface area contributed by atoms with Gasteiger partial charge in [0.25, 0.3) is 5.56 Å². The average molecular weight is 425 g/mol. The number of pyridine rings is 2. The number of halogens is 4. The Morgan fingerprint density at radius 3 is 2.62 bits per heavy atom. The van der Waals surface area contributed by atoms with Crippen LogP contribution in [0.1, 0.15) is 22.3 Å². The summed E-state index contributed by atoms with van der Waals surface area (Å²) in [4.78, 5) is 28.1. The molecular formula is C20H16ClF3N2O3. The summed E-state index contributed by atoms with van der Waals surface area (Å²) in [7, 11) is 0. The predicted octanol–water partition coefficient (Wildman–Crippen LogP) is 4.43. The normalized spacial score (nSPS) is 11.7. The van der Waals surface area contributed by atoms with Crippen LogP contribution >= 0.6 is 11.6 Å². The number of benzene rings is 1. The summed E-state index contributed by atoms with van der Waals surface area (Å²) >= 11 is 6.18. The molecule has 0 saturated carbocycles. The van der Waals surface area contributed by atoms with Crippen molar-refractivity contribution in [3.63, 3.8) is 0 Å². The van der Waals surface area contributed by atoms with Crippen LogP contribution in [-0.2, 0) is 28.9 Å². The van der Waals surface area contributed by atoms with Crippen molar-refractivity contribution in [3.05, 3.63) is 74.3 Å². The summed E-state index contributed by atoms with van der Waals surface area (Å²) in [6.07, 6.45) is -4.04. The Kier molecular flexibility index (Phi) is 5.66. The molecule has 0 N–H and O–H groups in total. The van der Waals surface area contributed by atoms with E-state index in [1.54, 1.807) is 6.07 Å². The molecule has 0 aliphatic carbocycles. The number of hydrogen-bond acceptors (Lipinski definition) is 4. The SMILES string of the molecule is Cc1ccc2cc(COC(=O)Cn3cc(C(F)(F)F)ccc3=O)c(Cl)nc2c1C. The monoisotopic (exact) mass is 424 g/mol. The van der Waals surface area contributed by atoms with Crippen LogP contribution in [-0.4, -0.2) is 15.5 Å². The summed E-state index contributed by atoms with van der Waals surface area (Å²) in [5, 5.41) is 0.980. The van der Waals surface area contributed by atoms with Gasteiger partial charge >= 0.3 is 12.1 Å². The lowest BCUT2D eigenvalue weighted by Crippen LogP contribution is -2.26. The van der Waals surface area contributed by atoms with E-state index in [9.17, 15) is 22.8 Å². The zero-order chi connectivity index (χ0) is 21.3. The van der Waals surface area contributed by atoms with E-state index >= 15 is 0 Å². The van der Waals surface area contributed by atoms with E-state index in [0.29, 0.717) is 22.4 Å². The fraction of sp³-hybridized carbons (Fsp3) is 0.250.